The molecule has 0 amide bonds. The molecule has 0 N–H and O–H groups in total. The minimum Gasteiger partial charge on any atom is -0.496 e. The van der Waals surface area contributed by atoms with E-state index in [9.17, 15) is 0 Å². The van der Waals surface area contributed by atoms with Gasteiger partial charge in [-0.05, 0) is 23.6 Å². The third-order valence-electron chi connectivity index (χ3n) is 3.63. The van der Waals surface area contributed by atoms with Crippen LogP contribution < -0.4 is 4.74 Å². The van der Waals surface area contributed by atoms with Gasteiger partial charge in [-0.15, -0.1) is 11.3 Å². The molecule has 0 saturated carbocycles. The van der Waals surface area contributed by atoms with E-state index in [1.54, 1.807) is 18.4 Å². The number of rotatable bonds is 2. The van der Waals surface area contributed by atoms with Crippen molar-refractivity contribution < 1.29 is 4.74 Å². The molecule has 0 aliphatic rings. The van der Waals surface area contributed by atoms with Crippen molar-refractivity contribution in [2.45, 2.75) is 0 Å². The van der Waals surface area contributed by atoms with Gasteiger partial charge >= 0.3 is 0 Å². The van der Waals surface area contributed by atoms with Gasteiger partial charge in [-0.2, -0.15) is 0 Å². The van der Waals surface area contributed by atoms with Crippen LogP contribution in [0.25, 0.3) is 31.6 Å². The quantitative estimate of drug-likeness (QED) is 0.511. The standard InChI is InChI=1S/C18H13NOS/c1-20-16-10-5-6-12-13(16)7-4-8-14(12)18-19-15-9-2-3-11-17(15)21-18/h2-11H,1H3. The summed E-state index contributed by atoms with van der Waals surface area (Å²) in [5.41, 5.74) is 2.21. The van der Waals surface area contributed by atoms with E-state index in [0.29, 0.717) is 0 Å². The predicted molar refractivity (Wildman–Crippen MR) is 89.1 cm³/mol. The minimum atomic E-state index is 0.899. The minimum absolute atomic E-state index is 0.899. The van der Waals surface area contributed by atoms with Gasteiger partial charge in [0.2, 0.25) is 0 Å². The second-order valence-electron chi connectivity index (χ2n) is 4.85. The zero-order chi connectivity index (χ0) is 14.2. The largest absolute Gasteiger partial charge is 0.496 e. The molecular weight excluding hydrogens is 278 g/mol. The van der Waals surface area contributed by atoms with Crippen LogP contribution in [-0.2, 0) is 0 Å². The van der Waals surface area contributed by atoms with Gasteiger partial charge in [0.1, 0.15) is 10.8 Å². The Labute approximate surface area is 126 Å². The van der Waals surface area contributed by atoms with Crippen molar-refractivity contribution in [3.8, 4) is 16.3 Å². The third kappa shape index (κ3) is 1.98. The number of thiazole rings is 1. The molecule has 3 heteroatoms. The SMILES string of the molecule is COc1cccc2c(-c3nc4ccccc4s3)cccc12. The molecule has 0 saturated heterocycles. The Kier molecular flexibility index (Phi) is 2.86. The molecule has 0 aliphatic carbocycles. The summed E-state index contributed by atoms with van der Waals surface area (Å²) >= 11 is 1.73. The molecule has 0 atom stereocenters. The van der Waals surface area contributed by atoms with Crippen molar-refractivity contribution in [2.24, 2.45) is 0 Å². The van der Waals surface area contributed by atoms with Crippen LogP contribution >= 0.6 is 11.3 Å². The number of aromatic nitrogens is 1. The summed E-state index contributed by atoms with van der Waals surface area (Å²) in [6.45, 7) is 0. The van der Waals surface area contributed by atoms with Crippen LogP contribution in [0.4, 0.5) is 0 Å². The maximum Gasteiger partial charge on any atom is 0.126 e. The van der Waals surface area contributed by atoms with E-state index in [4.69, 9.17) is 9.72 Å². The van der Waals surface area contributed by atoms with Crippen LogP contribution in [0.2, 0.25) is 0 Å². The van der Waals surface area contributed by atoms with Gasteiger partial charge in [-0.1, -0.05) is 42.5 Å². The number of methoxy groups -OCH3 is 1. The lowest BCUT2D eigenvalue weighted by Crippen LogP contribution is -1.86. The van der Waals surface area contributed by atoms with Gasteiger partial charge in [-0.25, -0.2) is 4.98 Å². The van der Waals surface area contributed by atoms with E-state index in [2.05, 4.69) is 42.5 Å². The smallest absolute Gasteiger partial charge is 0.126 e. The van der Waals surface area contributed by atoms with Crippen LogP contribution in [0.15, 0.2) is 60.7 Å². The van der Waals surface area contributed by atoms with Gasteiger partial charge < -0.3 is 4.74 Å². The highest BCUT2D eigenvalue weighted by Gasteiger charge is 2.10. The van der Waals surface area contributed by atoms with E-state index >= 15 is 0 Å². The summed E-state index contributed by atoms with van der Waals surface area (Å²) < 4.78 is 6.68. The van der Waals surface area contributed by atoms with Crippen molar-refractivity contribution in [1.82, 2.24) is 4.98 Å². The molecule has 102 valence electrons. The van der Waals surface area contributed by atoms with Gasteiger partial charge in [0.15, 0.2) is 0 Å². The summed E-state index contributed by atoms with van der Waals surface area (Å²) in [4.78, 5) is 4.77. The lowest BCUT2D eigenvalue weighted by Gasteiger charge is -2.07. The zero-order valence-electron chi connectivity index (χ0n) is 11.5. The molecule has 0 radical (unpaired) electrons. The Morgan fingerprint density at radius 2 is 1.67 bits per heavy atom. The predicted octanol–water partition coefficient (Wildman–Crippen LogP) is 5.13. The fraction of sp³-hybridized carbons (Fsp3) is 0.0556. The van der Waals surface area contributed by atoms with Crippen LogP contribution in [0.5, 0.6) is 5.75 Å². The summed E-state index contributed by atoms with van der Waals surface area (Å²) in [7, 11) is 1.71. The maximum atomic E-state index is 5.46. The van der Waals surface area contributed by atoms with Crippen molar-refractivity contribution in [3.05, 3.63) is 60.7 Å². The monoisotopic (exact) mass is 291 g/mol. The van der Waals surface area contributed by atoms with Crippen LogP contribution in [0, 0.1) is 0 Å². The molecule has 4 aromatic rings. The molecule has 0 fully saturated rings. The number of para-hydroxylation sites is 1. The first kappa shape index (κ1) is 12.4. The average molecular weight is 291 g/mol. The topological polar surface area (TPSA) is 22.1 Å². The second kappa shape index (κ2) is 4.86. The lowest BCUT2D eigenvalue weighted by atomic mass is 10.0. The molecule has 1 aromatic heterocycles. The summed E-state index contributed by atoms with van der Waals surface area (Å²) in [5.74, 6) is 0.899. The molecule has 21 heavy (non-hydrogen) atoms. The summed E-state index contributed by atoms with van der Waals surface area (Å²) in [6.07, 6.45) is 0. The number of hydrogen-bond donors (Lipinski definition) is 0. The Morgan fingerprint density at radius 3 is 2.52 bits per heavy atom. The third-order valence-corrected chi connectivity index (χ3v) is 4.70. The summed E-state index contributed by atoms with van der Waals surface area (Å²) in [5, 5.41) is 3.35. The van der Waals surface area contributed by atoms with Crippen LogP contribution in [-0.4, -0.2) is 12.1 Å². The fourth-order valence-electron chi connectivity index (χ4n) is 2.63. The Morgan fingerprint density at radius 1 is 0.857 bits per heavy atom. The normalized spacial score (nSPS) is 11.1. The Hall–Kier alpha value is -2.39. The van der Waals surface area contributed by atoms with Crippen molar-refractivity contribution in [3.63, 3.8) is 0 Å². The van der Waals surface area contributed by atoms with Crippen LogP contribution in [0.3, 0.4) is 0 Å². The van der Waals surface area contributed by atoms with Crippen molar-refractivity contribution in [2.75, 3.05) is 7.11 Å². The van der Waals surface area contributed by atoms with Gasteiger partial charge in [-0.3, -0.25) is 0 Å². The lowest BCUT2D eigenvalue weighted by molar-refractivity contribution is 0.420. The van der Waals surface area contributed by atoms with Gasteiger partial charge in [0.25, 0.3) is 0 Å². The molecule has 2 nitrogen and oxygen atoms in total. The fourth-order valence-corrected chi connectivity index (χ4v) is 3.64. The highest BCUT2D eigenvalue weighted by atomic mass is 32.1. The number of hydrogen-bond acceptors (Lipinski definition) is 3. The number of nitrogens with zero attached hydrogens (tertiary/aromatic N) is 1. The molecule has 4 rings (SSSR count). The molecule has 0 bridgehead atoms. The van der Waals surface area contributed by atoms with E-state index in [1.165, 1.54) is 10.1 Å². The molecule has 3 aromatic carbocycles. The van der Waals surface area contributed by atoms with E-state index in [-0.39, 0.29) is 0 Å². The zero-order valence-corrected chi connectivity index (χ0v) is 12.4. The molecular formula is C18H13NOS. The van der Waals surface area contributed by atoms with Crippen molar-refractivity contribution in [1.29, 1.82) is 0 Å². The number of fused-ring (bicyclic) bond motifs is 2. The molecule has 0 unspecified atom stereocenters. The van der Waals surface area contributed by atoms with E-state index in [0.717, 1.165) is 27.2 Å². The molecule has 0 spiro atoms. The van der Waals surface area contributed by atoms with Gasteiger partial charge in [0, 0.05) is 10.9 Å². The van der Waals surface area contributed by atoms with E-state index in [1.807, 2.05) is 18.2 Å². The first-order valence-corrected chi connectivity index (χ1v) is 7.60. The second-order valence-corrected chi connectivity index (χ2v) is 5.88. The Bertz CT molecular complexity index is 909. The molecule has 1 heterocycles. The maximum absolute atomic E-state index is 5.46. The van der Waals surface area contributed by atoms with Gasteiger partial charge in [0.05, 0.1) is 17.3 Å². The van der Waals surface area contributed by atoms with E-state index < -0.39 is 0 Å². The average Bonchev–Trinajstić information content (AvgIpc) is 2.97. The first-order valence-electron chi connectivity index (χ1n) is 6.78. The van der Waals surface area contributed by atoms with Crippen molar-refractivity contribution >= 4 is 32.3 Å². The van der Waals surface area contributed by atoms with Crippen LogP contribution in [0.1, 0.15) is 0 Å². The Balaban J connectivity index is 2.01. The highest BCUT2D eigenvalue weighted by molar-refractivity contribution is 7.21. The number of benzene rings is 3. The number of ether oxygens (including phenoxy) is 1. The summed E-state index contributed by atoms with van der Waals surface area (Å²) in [6, 6.07) is 20.7. The molecule has 0 aliphatic heterocycles. The highest BCUT2D eigenvalue weighted by Crippen LogP contribution is 2.36. The first-order chi connectivity index (χ1) is 10.4.